The highest BCUT2D eigenvalue weighted by Crippen LogP contribution is 2.37. The van der Waals surface area contributed by atoms with E-state index in [2.05, 4.69) is 10.6 Å². The minimum atomic E-state index is -3.79. The van der Waals surface area contributed by atoms with Crippen molar-refractivity contribution in [2.75, 3.05) is 16.5 Å². The smallest absolute Gasteiger partial charge is 0.265 e. The number of sulfone groups is 1. The van der Waals surface area contributed by atoms with E-state index in [0.717, 1.165) is 0 Å². The summed E-state index contributed by atoms with van der Waals surface area (Å²) in [5.41, 5.74) is 0.773. The van der Waals surface area contributed by atoms with Gasteiger partial charge in [-0.05, 0) is 37.3 Å². The van der Waals surface area contributed by atoms with Gasteiger partial charge < -0.3 is 15.4 Å². The molecule has 1 heterocycles. The summed E-state index contributed by atoms with van der Waals surface area (Å²) < 4.78 is 43.4. The summed E-state index contributed by atoms with van der Waals surface area (Å²) in [6.45, 7) is 1.55. The summed E-state index contributed by atoms with van der Waals surface area (Å²) in [5.74, 6) is -0.951. The van der Waals surface area contributed by atoms with Gasteiger partial charge in [0.25, 0.3) is 5.91 Å². The minimum absolute atomic E-state index is 0.0295. The molecule has 6 nitrogen and oxygen atoms in total. The van der Waals surface area contributed by atoms with Crippen LogP contribution in [0.15, 0.2) is 41.3 Å². The standard InChI is InChI=1S/C16H14ClFN2O4S/c1-9-16(21)20-13-6-12(17)15(7-14(13)24-9)25(22,23)8-19-11-4-2-10(18)3-5-11/h2-7,9,19H,8H2,1H3,(H,20,21). The number of hydrogen-bond acceptors (Lipinski definition) is 5. The van der Waals surface area contributed by atoms with E-state index in [-0.39, 0.29) is 21.6 Å². The molecule has 0 fully saturated rings. The summed E-state index contributed by atoms with van der Waals surface area (Å²) in [4.78, 5) is 11.5. The summed E-state index contributed by atoms with van der Waals surface area (Å²) in [6.07, 6.45) is -0.735. The highest BCUT2D eigenvalue weighted by Gasteiger charge is 2.27. The molecule has 0 aromatic heterocycles. The lowest BCUT2D eigenvalue weighted by Crippen LogP contribution is -2.34. The lowest BCUT2D eigenvalue weighted by molar-refractivity contribution is -0.122. The van der Waals surface area contributed by atoms with Crippen LogP contribution in [0.5, 0.6) is 5.75 Å². The highest BCUT2D eigenvalue weighted by atomic mass is 35.5. The van der Waals surface area contributed by atoms with E-state index < -0.39 is 27.6 Å². The molecule has 0 radical (unpaired) electrons. The number of carbonyl (C=O) groups is 1. The lowest BCUT2D eigenvalue weighted by Gasteiger charge is -2.24. The molecule has 0 spiro atoms. The lowest BCUT2D eigenvalue weighted by atomic mass is 10.2. The number of ether oxygens (including phenoxy) is 1. The van der Waals surface area contributed by atoms with Crippen LogP contribution in [0.3, 0.4) is 0 Å². The van der Waals surface area contributed by atoms with Gasteiger partial charge in [-0.15, -0.1) is 0 Å². The Kier molecular flexibility index (Phi) is 4.57. The third kappa shape index (κ3) is 3.69. The summed E-state index contributed by atoms with van der Waals surface area (Å²) in [6, 6.07) is 7.93. The van der Waals surface area contributed by atoms with Gasteiger partial charge in [0.05, 0.1) is 15.6 Å². The maximum Gasteiger partial charge on any atom is 0.265 e. The number of halogens is 2. The molecular weight excluding hydrogens is 371 g/mol. The van der Waals surface area contributed by atoms with Gasteiger partial charge in [-0.1, -0.05) is 11.6 Å². The molecule has 3 rings (SSSR count). The van der Waals surface area contributed by atoms with Gasteiger partial charge >= 0.3 is 0 Å². The van der Waals surface area contributed by atoms with Gasteiger partial charge in [-0.2, -0.15) is 0 Å². The first-order valence-corrected chi connectivity index (χ1v) is 9.32. The molecule has 25 heavy (non-hydrogen) atoms. The van der Waals surface area contributed by atoms with Crippen LogP contribution in [-0.4, -0.2) is 26.3 Å². The molecule has 1 aliphatic rings. The van der Waals surface area contributed by atoms with Crippen LogP contribution in [0.4, 0.5) is 15.8 Å². The number of nitrogens with one attached hydrogen (secondary N) is 2. The van der Waals surface area contributed by atoms with E-state index in [1.807, 2.05) is 0 Å². The maximum absolute atomic E-state index is 12.9. The second-order valence-electron chi connectivity index (χ2n) is 5.47. The number of carbonyl (C=O) groups excluding carboxylic acids is 1. The zero-order valence-corrected chi connectivity index (χ0v) is 14.6. The average Bonchev–Trinajstić information content (AvgIpc) is 2.55. The van der Waals surface area contributed by atoms with Crippen molar-refractivity contribution in [3.8, 4) is 5.75 Å². The fourth-order valence-electron chi connectivity index (χ4n) is 2.27. The van der Waals surface area contributed by atoms with Gasteiger partial charge in [-0.3, -0.25) is 4.79 Å². The van der Waals surface area contributed by atoms with Crippen LogP contribution in [-0.2, 0) is 14.6 Å². The normalized spacial score (nSPS) is 16.6. The largest absolute Gasteiger partial charge is 0.479 e. The zero-order valence-electron chi connectivity index (χ0n) is 13.0. The Morgan fingerprint density at radius 3 is 2.64 bits per heavy atom. The van der Waals surface area contributed by atoms with E-state index in [1.165, 1.54) is 36.4 Å². The van der Waals surface area contributed by atoms with Crippen molar-refractivity contribution in [3.63, 3.8) is 0 Å². The molecule has 9 heteroatoms. The van der Waals surface area contributed by atoms with Crippen molar-refractivity contribution in [2.24, 2.45) is 0 Å². The van der Waals surface area contributed by atoms with Gasteiger partial charge in [0.15, 0.2) is 15.9 Å². The number of hydrogen-bond donors (Lipinski definition) is 2. The molecule has 1 amide bonds. The van der Waals surface area contributed by atoms with Crippen LogP contribution < -0.4 is 15.4 Å². The van der Waals surface area contributed by atoms with Crippen LogP contribution in [0.1, 0.15) is 6.92 Å². The predicted molar refractivity (Wildman–Crippen MR) is 92.2 cm³/mol. The van der Waals surface area contributed by atoms with Crippen LogP contribution in [0.25, 0.3) is 0 Å². The molecule has 2 aromatic carbocycles. The Morgan fingerprint density at radius 1 is 1.28 bits per heavy atom. The molecule has 1 atom stereocenters. The maximum atomic E-state index is 12.9. The zero-order chi connectivity index (χ0) is 18.2. The molecule has 0 aliphatic carbocycles. The predicted octanol–water partition coefficient (Wildman–Crippen LogP) is 3.04. The fraction of sp³-hybridized carbons (Fsp3) is 0.188. The number of benzene rings is 2. The number of rotatable bonds is 4. The number of fused-ring (bicyclic) bond motifs is 1. The third-order valence-corrected chi connectivity index (χ3v) is 5.57. The van der Waals surface area contributed by atoms with Crippen molar-refractivity contribution in [2.45, 2.75) is 17.9 Å². The van der Waals surface area contributed by atoms with Crippen LogP contribution in [0, 0.1) is 5.82 Å². The molecule has 1 unspecified atom stereocenters. The quantitative estimate of drug-likeness (QED) is 0.846. The van der Waals surface area contributed by atoms with Crippen LogP contribution >= 0.6 is 11.6 Å². The van der Waals surface area contributed by atoms with E-state index in [0.29, 0.717) is 11.4 Å². The molecule has 0 saturated carbocycles. The van der Waals surface area contributed by atoms with Crippen molar-refractivity contribution < 1.29 is 22.3 Å². The number of amides is 1. The number of anilines is 2. The molecular formula is C16H14ClFN2O4S. The molecule has 2 N–H and O–H groups in total. The first-order chi connectivity index (χ1) is 11.8. The Bertz CT molecular complexity index is 932. The molecule has 0 saturated heterocycles. The molecule has 1 aliphatic heterocycles. The first-order valence-electron chi connectivity index (χ1n) is 7.29. The van der Waals surface area contributed by atoms with E-state index in [4.69, 9.17) is 16.3 Å². The second kappa shape index (κ2) is 6.53. The van der Waals surface area contributed by atoms with E-state index >= 15 is 0 Å². The molecule has 2 aromatic rings. The van der Waals surface area contributed by atoms with Gasteiger partial charge in [-0.25, -0.2) is 12.8 Å². The van der Waals surface area contributed by atoms with E-state index in [1.54, 1.807) is 6.92 Å². The Morgan fingerprint density at radius 2 is 1.96 bits per heavy atom. The first kappa shape index (κ1) is 17.5. The minimum Gasteiger partial charge on any atom is -0.479 e. The Labute approximate surface area is 148 Å². The van der Waals surface area contributed by atoms with Crippen molar-refractivity contribution in [1.82, 2.24) is 0 Å². The average molecular weight is 385 g/mol. The summed E-state index contributed by atoms with van der Waals surface area (Å²) >= 11 is 6.07. The van der Waals surface area contributed by atoms with Gasteiger partial charge in [0.1, 0.15) is 17.4 Å². The van der Waals surface area contributed by atoms with Crippen molar-refractivity contribution in [1.29, 1.82) is 0 Å². The van der Waals surface area contributed by atoms with Crippen molar-refractivity contribution >= 4 is 38.7 Å². The van der Waals surface area contributed by atoms with Crippen LogP contribution in [0.2, 0.25) is 5.02 Å². The van der Waals surface area contributed by atoms with Gasteiger partial charge in [0, 0.05) is 11.8 Å². The highest BCUT2D eigenvalue weighted by molar-refractivity contribution is 7.91. The Hall–Kier alpha value is -2.32. The molecule has 0 bridgehead atoms. The summed E-state index contributed by atoms with van der Waals surface area (Å²) in [7, 11) is -3.79. The topological polar surface area (TPSA) is 84.5 Å². The third-order valence-electron chi connectivity index (χ3n) is 3.61. The SMILES string of the molecule is CC1Oc2cc(S(=O)(=O)CNc3ccc(F)cc3)c(Cl)cc2NC1=O. The second-order valence-corrected chi connectivity index (χ2v) is 7.84. The summed E-state index contributed by atoms with van der Waals surface area (Å²) in [5, 5.41) is 5.28. The van der Waals surface area contributed by atoms with E-state index in [9.17, 15) is 17.6 Å². The Balaban J connectivity index is 1.85. The fourth-order valence-corrected chi connectivity index (χ4v) is 3.94. The monoisotopic (exact) mass is 384 g/mol. The van der Waals surface area contributed by atoms with Gasteiger partial charge in [0.2, 0.25) is 0 Å². The molecule has 132 valence electrons. The van der Waals surface area contributed by atoms with Crippen molar-refractivity contribution in [3.05, 3.63) is 47.2 Å².